The SMILES string of the molecule is CCn1c(O)c(C=Nc2ccc3[nH]ncc3c2)c(=O)n(CC)c1=O. The molecule has 0 fully saturated rings. The lowest BCUT2D eigenvalue weighted by Gasteiger charge is -2.11. The molecule has 0 amide bonds. The second-order valence-corrected chi connectivity index (χ2v) is 5.21. The van der Waals surface area contributed by atoms with Crippen LogP contribution in [0.2, 0.25) is 0 Å². The van der Waals surface area contributed by atoms with Crippen LogP contribution in [0.15, 0.2) is 39.0 Å². The van der Waals surface area contributed by atoms with Crippen LogP contribution in [0.1, 0.15) is 19.4 Å². The standard InChI is InChI=1S/C16H17N5O3/c1-3-20-14(22)12(15(23)21(4-2)16(20)24)9-17-11-5-6-13-10(7-11)8-18-19-13/h5-9,22H,3-4H2,1-2H3,(H,18,19). The fourth-order valence-corrected chi connectivity index (χ4v) is 2.54. The predicted octanol–water partition coefficient (Wildman–Crippen LogP) is 1.38. The minimum absolute atomic E-state index is 0.00871. The third kappa shape index (κ3) is 2.51. The molecule has 0 atom stereocenters. The summed E-state index contributed by atoms with van der Waals surface area (Å²) in [4.78, 5) is 28.8. The number of rotatable bonds is 4. The molecule has 0 unspecified atom stereocenters. The molecule has 0 saturated heterocycles. The number of nitrogens with one attached hydrogen (secondary N) is 1. The Morgan fingerprint density at radius 3 is 2.71 bits per heavy atom. The number of aliphatic imine (C=N–C) groups is 1. The molecule has 3 rings (SSSR count). The van der Waals surface area contributed by atoms with Gasteiger partial charge in [-0.25, -0.2) is 4.79 Å². The van der Waals surface area contributed by atoms with E-state index >= 15 is 0 Å². The van der Waals surface area contributed by atoms with E-state index in [9.17, 15) is 14.7 Å². The van der Waals surface area contributed by atoms with Crippen LogP contribution in [0.25, 0.3) is 10.9 Å². The number of H-pyrrole nitrogens is 1. The molecule has 2 heterocycles. The molecule has 0 bridgehead atoms. The van der Waals surface area contributed by atoms with Gasteiger partial charge >= 0.3 is 5.69 Å². The zero-order valence-electron chi connectivity index (χ0n) is 13.4. The van der Waals surface area contributed by atoms with Crippen molar-refractivity contribution < 1.29 is 5.11 Å². The van der Waals surface area contributed by atoms with Crippen molar-refractivity contribution in [1.29, 1.82) is 0 Å². The Labute approximate surface area is 136 Å². The van der Waals surface area contributed by atoms with Gasteiger partial charge in [-0.3, -0.25) is 24.0 Å². The van der Waals surface area contributed by atoms with Gasteiger partial charge in [0.05, 0.1) is 17.4 Å². The number of hydrogen-bond donors (Lipinski definition) is 2. The van der Waals surface area contributed by atoms with E-state index in [4.69, 9.17) is 0 Å². The highest BCUT2D eigenvalue weighted by Crippen LogP contribution is 2.19. The molecule has 24 heavy (non-hydrogen) atoms. The summed E-state index contributed by atoms with van der Waals surface area (Å²) >= 11 is 0. The van der Waals surface area contributed by atoms with Crippen molar-refractivity contribution in [2.75, 3.05) is 0 Å². The third-order valence-electron chi connectivity index (χ3n) is 3.83. The Bertz CT molecular complexity index is 1040. The summed E-state index contributed by atoms with van der Waals surface area (Å²) in [7, 11) is 0. The van der Waals surface area contributed by atoms with Gasteiger partial charge in [0.15, 0.2) is 0 Å². The Morgan fingerprint density at radius 1 is 1.25 bits per heavy atom. The lowest BCUT2D eigenvalue weighted by molar-refractivity contribution is 0.394. The largest absolute Gasteiger partial charge is 0.494 e. The molecular weight excluding hydrogens is 310 g/mol. The third-order valence-corrected chi connectivity index (χ3v) is 3.83. The van der Waals surface area contributed by atoms with Crippen LogP contribution in [0, 0.1) is 0 Å². The number of benzene rings is 1. The first-order valence-electron chi connectivity index (χ1n) is 7.60. The summed E-state index contributed by atoms with van der Waals surface area (Å²) in [5.41, 5.74) is 0.396. The highest BCUT2D eigenvalue weighted by atomic mass is 16.3. The maximum absolute atomic E-state index is 12.4. The first-order valence-corrected chi connectivity index (χ1v) is 7.60. The molecule has 1 aromatic carbocycles. The van der Waals surface area contributed by atoms with Gasteiger partial charge in [-0.05, 0) is 32.0 Å². The van der Waals surface area contributed by atoms with Crippen LogP contribution in [0.4, 0.5) is 5.69 Å². The topological polar surface area (TPSA) is 105 Å². The monoisotopic (exact) mass is 327 g/mol. The van der Waals surface area contributed by atoms with E-state index in [1.807, 2.05) is 6.07 Å². The van der Waals surface area contributed by atoms with Gasteiger partial charge in [-0.1, -0.05) is 0 Å². The van der Waals surface area contributed by atoms with Crippen LogP contribution >= 0.6 is 0 Å². The van der Waals surface area contributed by atoms with Gasteiger partial charge < -0.3 is 5.11 Å². The summed E-state index contributed by atoms with van der Waals surface area (Å²) in [6.45, 7) is 3.90. The van der Waals surface area contributed by atoms with E-state index in [1.54, 1.807) is 32.2 Å². The summed E-state index contributed by atoms with van der Waals surface area (Å²) in [6, 6.07) is 5.40. The summed E-state index contributed by atoms with van der Waals surface area (Å²) in [5.74, 6) is -0.370. The van der Waals surface area contributed by atoms with E-state index in [-0.39, 0.29) is 24.5 Å². The van der Waals surface area contributed by atoms with Gasteiger partial charge in [-0.2, -0.15) is 5.10 Å². The number of nitrogens with zero attached hydrogens (tertiary/aromatic N) is 4. The van der Waals surface area contributed by atoms with E-state index in [0.717, 1.165) is 20.0 Å². The van der Waals surface area contributed by atoms with Crippen molar-refractivity contribution in [3.05, 3.63) is 50.8 Å². The van der Waals surface area contributed by atoms with Gasteiger partial charge in [0.1, 0.15) is 5.56 Å². The highest BCUT2D eigenvalue weighted by Gasteiger charge is 2.15. The zero-order chi connectivity index (χ0) is 17.3. The van der Waals surface area contributed by atoms with E-state index in [2.05, 4.69) is 15.2 Å². The summed E-state index contributed by atoms with van der Waals surface area (Å²) in [6.07, 6.45) is 2.96. The van der Waals surface area contributed by atoms with Gasteiger partial charge in [0.25, 0.3) is 5.56 Å². The fraction of sp³-hybridized carbons (Fsp3) is 0.250. The normalized spacial score (nSPS) is 11.6. The molecule has 124 valence electrons. The Balaban J connectivity index is 2.11. The van der Waals surface area contributed by atoms with Crippen molar-refractivity contribution in [2.45, 2.75) is 26.9 Å². The molecule has 0 radical (unpaired) electrons. The quantitative estimate of drug-likeness (QED) is 0.706. The smallest absolute Gasteiger partial charge is 0.333 e. The molecule has 8 heteroatoms. The van der Waals surface area contributed by atoms with E-state index in [1.165, 1.54) is 6.21 Å². The zero-order valence-corrected chi connectivity index (χ0v) is 13.4. The van der Waals surface area contributed by atoms with Crippen LogP contribution in [0.3, 0.4) is 0 Å². The molecule has 0 aliphatic carbocycles. The molecule has 0 saturated carbocycles. The maximum Gasteiger partial charge on any atom is 0.333 e. The number of fused-ring (bicyclic) bond motifs is 1. The average Bonchev–Trinajstić information content (AvgIpc) is 3.03. The first-order chi connectivity index (χ1) is 11.6. The van der Waals surface area contributed by atoms with Crippen LogP contribution < -0.4 is 11.2 Å². The second kappa shape index (κ2) is 6.15. The molecule has 0 spiro atoms. The lowest BCUT2D eigenvalue weighted by Crippen LogP contribution is -2.41. The van der Waals surface area contributed by atoms with E-state index < -0.39 is 11.2 Å². The minimum Gasteiger partial charge on any atom is -0.494 e. The second-order valence-electron chi connectivity index (χ2n) is 5.21. The van der Waals surface area contributed by atoms with Crippen molar-refractivity contribution >= 4 is 22.8 Å². The number of aromatic nitrogens is 4. The maximum atomic E-state index is 12.4. The van der Waals surface area contributed by atoms with Crippen molar-refractivity contribution in [1.82, 2.24) is 19.3 Å². The number of aromatic amines is 1. The lowest BCUT2D eigenvalue weighted by atomic mass is 10.2. The van der Waals surface area contributed by atoms with Crippen LogP contribution in [0.5, 0.6) is 5.88 Å². The number of hydrogen-bond acceptors (Lipinski definition) is 5. The Hall–Kier alpha value is -3.16. The van der Waals surface area contributed by atoms with Crippen LogP contribution in [-0.2, 0) is 13.1 Å². The Morgan fingerprint density at radius 2 is 2.00 bits per heavy atom. The van der Waals surface area contributed by atoms with Crippen LogP contribution in [-0.4, -0.2) is 30.7 Å². The molecule has 0 aliphatic heterocycles. The molecule has 8 nitrogen and oxygen atoms in total. The Kier molecular flexibility index (Phi) is 4.03. The van der Waals surface area contributed by atoms with Gasteiger partial charge in [-0.15, -0.1) is 0 Å². The molecular formula is C16H17N5O3. The molecule has 0 aliphatic rings. The minimum atomic E-state index is -0.558. The average molecular weight is 327 g/mol. The van der Waals surface area contributed by atoms with Gasteiger partial charge in [0, 0.05) is 24.7 Å². The molecule has 3 aromatic rings. The summed E-state index contributed by atoms with van der Waals surface area (Å²) in [5, 5.41) is 17.9. The summed E-state index contributed by atoms with van der Waals surface area (Å²) < 4.78 is 2.22. The predicted molar refractivity (Wildman–Crippen MR) is 91.3 cm³/mol. The fourth-order valence-electron chi connectivity index (χ4n) is 2.54. The van der Waals surface area contributed by atoms with Gasteiger partial charge in [0.2, 0.25) is 5.88 Å². The van der Waals surface area contributed by atoms with Crippen molar-refractivity contribution in [3.8, 4) is 5.88 Å². The van der Waals surface area contributed by atoms with E-state index in [0.29, 0.717) is 5.69 Å². The van der Waals surface area contributed by atoms with Crippen molar-refractivity contribution in [2.24, 2.45) is 4.99 Å². The van der Waals surface area contributed by atoms with Crippen molar-refractivity contribution in [3.63, 3.8) is 0 Å². The molecule has 2 N–H and O–H groups in total. The molecule has 2 aromatic heterocycles. The number of aromatic hydroxyl groups is 1. The highest BCUT2D eigenvalue weighted by molar-refractivity contribution is 5.86. The first kappa shape index (κ1) is 15.7.